The summed E-state index contributed by atoms with van der Waals surface area (Å²) in [5.74, 6) is 0.0379. The maximum atomic E-state index is 11.7. The number of amides is 1. The van der Waals surface area contributed by atoms with Gasteiger partial charge < -0.3 is 4.90 Å². The largest absolute Gasteiger partial charge is 0.308 e. The van der Waals surface area contributed by atoms with Crippen LogP contribution in [-0.4, -0.2) is 43.0 Å². The van der Waals surface area contributed by atoms with Crippen molar-refractivity contribution in [3.05, 3.63) is 24.3 Å². The van der Waals surface area contributed by atoms with E-state index in [-0.39, 0.29) is 5.91 Å². The Hall–Kier alpha value is -1.46. The highest BCUT2D eigenvalue weighted by Crippen LogP contribution is 2.28. The number of likely N-dealkylation sites (N-methyl/N-ethyl adjacent to an activating group) is 1. The number of thiazole rings is 1. The summed E-state index contributed by atoms with van der Waals surface area (Å²) in [6.45, 7) is 3.08. The van der Waals surface area contributed by atoms with E-state index in [1.165, 1.54) is 0 Å². The number of benzene rings is 1. The van der Waals surface area contributed by atoms with Crippen LogP contribution < -0.4 is 4.90 Å². The molecule has 0 N–H and O–H groups in total. The number of hydrogen-bond acceptors (Lipinski definition) is 4. The Kier molecular flexibility index (Phi) is 3.93. The number of carbonyl (C=O) groups excluding carboxylic acids is 1. The highest BCUT2D eigenvalue weighted by molar-refractivity contribution is 7.22. The van der Waals surface area contributed by atoms with Crippen molar-refractivity contribution in [3.8, 4) is 0 Å². The Morgan fingerprint density at radius 2 is 2.00 bits per heavy atom. The Labute approximate surface area is 111 Å². The average molecular weight is 263 g/mol. The van der Waals surface area contributed by atoms with E-state index in [2.05, 4.69) is 9.88 Å². The molecule has 0 unspecified atom stereocenters. The van der Waals surface area contributed by atoms with Crippen LogP contribution in [0, 0.1) is 0 Å². The number of hydrogen-bond donors (Lipinski definition) is 0. The van der Waals surface area contributed by atoms with Crippen LogP contribution in [0.2, 0.25) is 0 Å². The van der Waals surface area contributed by atoms with Gasteiger partial charge in [-0.2, -0.15) is 0 Å². The van der Waals surface area contributed by atoms with Crippen LogP contribution >= 0.6 is 11.3 Å². The van der Waals surface area contributed by atoms with Crippen LogP contribution in [0.3, 0.4) is 0 Å². The van der Waals surface area contributed by atoms with E-state index in [4.69, 9.17) is 0 Å². The molecule has 96 valence electrons. The first-order valence-corrected chi connectivity index (χ1v) is 6.68. The number of carbonyl (C=O) groups is 1. The molecule has 0 spiro atoms. The zero-order chi connectivity index (χ0) is 13.1. The van der Waals surface area contributed by atoms with Gasteiger partial charge in [0.2, 0.25) is 5.91 Å². The van der Waals surface area contributed by atoms with Crippen molar-refractivity contribution in [2.75, 3.05) is 32.1 Å². The lowest BCUT2D eigenvalue weighted by molar-refractivity contribution is -0.116. The standard InChI is InChI=1S/C13H17N3OS/c1-10(17)16(9-8-15(2)3)13-14-11-6-4-5-7-12(11)18-13/h4-7H,8-9H2,1-3H3. The summed E-state index contributed by atoms with van der Waals surface area (Å²) in [5, 5.41) is 0.783. The third-order valence-corrected chi connectivity index (χ3v) is 3.72. The van der Waals surface area contributed by atoms with Crippen LogP contribution in [-0.2, 0) is 4.79 Å². The summed E-state index contributed by atoms with van der Waals surface area (Å²) >= 11 is 1.56. The molecular formula is C13H17N3OS. The van der Waals surface area contributed by atoms with Crippen LogP contribution in [0.25, 0.3) is 10.2 Å². The molecule has 2 rings (SSSR count). The van der Waals surface area contributed by atoms with Gasteiger partial charge in [-0.3, -0.25) is 9.69 Å². The SMILES string of the molecule is CC(=O)N(CCN(C)C)c1nc2ccccc2s1. The fourth-order valence-corrected chi connectivity index (χ4v) is 2.70. The molecule has 2 aromatic rings. The number of anilines is 1. The summed E-state index contributed by atoms with van der Waals surface area (Å²) in [4.78, 5) is 20.0. The summed E-state index contributed by atoms with van der Waals surface area (Å²) in [6.07, 6.45) is 0. The van der Waals surface area contributed by atoms with Gasteiger partial charge in [0.25, 0.3) is 0 Å². The first-order chi connectivity index (χ1) is 8.58. The third kappa shape index (κ3) is 2.86. The summed E-state index contributed by atoms with van der Waals surface area (Å²) in [5.41, 5.74) is 0.952. The molecular weight excluding hydrogens is 246 g/mol. The second-order valence-corrected chi connectivity index (χ2v) is 5.45. The van der Waals surface area contributed by atoms with Crippen molar-refractivity contribution in [3.63, 3.8) is 0 Å². The highest BCUT2D eigenvalue weighted by atomic mass is 32.1. The lowest BCUT2D eigenvalue weighted by atomic mass is 10.3. The molecule has 1 heterocycles. The first-order valence-electron chi connectivity index (χ1n) is 5.86. The second kappa shape index (κ2) is 5.46. The molecule has 1 aromatic heterocycles. The Bertz CT molecular complexity index is 517. The highest BCUT2D eigenvalue weighted by Gasteiger charge is 2.15. The van der Waals surface area contributed by atoms with E-state index in [0.717, 1.165) is 21.9 Å². The van der Waals surface area contributed by atoms with Crippen molar-refractivity contribution in [1.29, 1.82) is 0 Å². The number of para-hydroxylation sites is 1. The number of aromatic nitrogens is 1. The average Bonchev–Trinajstić information content (AvgIpc) is 2.71. The van der Waals surface area contributed by atoms with Crippen LogP contribution in [0.4, 0.5) is 5.13 Å². The van der Waals surface area contributed by atoms with Crippen molar-refractivity contribution >= 4 is 32.6 Å². The Balaban J connectivity index is 2.27. The second-order valence-electron chi connectivity index (χ2n) is 4.44. The maximum Gasteiger partial charge on any atom is 0.225 e. The number of rotatable bonds is 4. The monoisotopic (exact) mass is 263 g/mol. The van der Waals surface area contributed by atoms with Crippen LogP contribution in [0.5, 0.6) is 0 Å². The van der Waals surface area contributed by atoms with Crippen LogP contribution in [0.15, 0.2) is 24.3 Å². The molecule has 0 atom stereocenters. The molecule has 0 bridgehead atoms. The van der Waals surface area contributed by atoms with Gasteiger partial charge in [0.15, 0.2) is 5.13 Å². The van der Waals surface area contributed by atoms with E-state index in [1.807, 2.05) is 38.4 Å². The maximum absolute atomic E-state index is 11.7. The predicted molar refractivity (Wildman–Crippen MR) is 76.2 cm³/mol. The van der Waals surface area contributed by atoms with Crippen molar-refractivity contribution < 1.29 is 4.79 Å². The molecule has 0 saturated carbocycles. The van der Waals surface area contributed by atoms with Gasteiger partial charge in [-0.05, 0) is 26.2 Å². The third-order valence-electron chi connectivity index (χ3n) is 2.66. The van der Waals surface area contributed by atoms with Crippen molar-refractivity contribution in [2.24, 2.45) is 0 Å². The minimum atomic E-state index is 0.0379. The number of nitrogens with zero attached hydrogens (tertiary/aromatic N) is 3. The fraction of sp³-hybridized carbons (Fsp3) is 0.385. The molecule has 0 saturated heterocycles. The van der Waals surface area contributed by atoms with Crippen LogP contribution in [0.1, 0.15) is 6.92 Å². The topological polar surface area (TPSA) is 36.4 Å². The summed E-state index contributed by atoms with van der Waals surface area (Å²) in [6, 6.07) is 7.95. The Morgan fingerprint density at radius 3 is 2.61 bits per heavy atom. The molecule has 1 amide bonds. The molecule has 0 aliphatic carbocycles. The van der Waals surface area contributed by atoms with Gasteiger partial charge in [0.1, 0.15) is 0 Å². The van der Waals surface area contributed by atoms with E-state index in [1.54, 1.807) is 23.2 Å². The quantitative estimate of drug-likeness (QED) is 0.848. The van der Waals surface area contributed by atoms with Gasteiger partial charge >= 0.3 is 0 Å². The molecule has 1 aromatic carbocycles. The predicted octanol–water partition coefficient (Wildman–Crippen LogP) is 2.21. The zero-order valence-corrected chi connectivity index (χ0v) is 11.7. The van der Waals surface area contributed by atoms with E-state index < -0.39 is 0 Å². The van der Waals surface area contributed by atoms with Gasteiger partial charge in [0.05, 0.1) is 10.2 Å². The van der Waals surface area contributed by atoms with Gasteiger partial charge in [0, 0.05) is 20.0 Å². The van der Waals surface area contributed by atoms with Crippen molar-refractivity contribution in [1.82, 2.24) is 9.88 Å². The van der Waals surface area contributed by atoms with Gasteiger partial charge in [-0.25, -0.2) is 4.98 Å². The molecule has 0 fully saturated rings. The molecule has 0 radical (unpaired) electrons. The van der Waals surface area contributed by atoms with Gasteiger partial charge in [-0.15, -0.1) is 0 Å². The molecule has 5 heteroatoms. The van der Waals surface area contributed by atoms with Gasteiger partial charge in [-0.1, -0.05) is 23.5 Å². The lowest BCUT2D eigenvalue weighted by Crippen LogP contribution is -2.35. The summed E-state index contributed by atoms with van der Waals surface area (Å²) < 4.78 is 1.11. The van der Waals surface area contributed by atoms with E-state index in [0.29, 0.717) is 6.54 Å². The fourth-order valence-electron chi connectivity index (χ4n) is 1.66. The summed E-state index contributed by atoms with van der Waals surface area (Å²) in [7, 11) is 3.99. The lowest BCUT2D eigenvalue weighted by Gasteiger charge is -2.20. The minimum absolute atomic E-state index is 0.0379. The smallest absolute Gasteiger partial charge is 0.225 e. The van der Waals surface area contributed by atoms with E-state index in [9.17, 15) is 4.79 Å². The van der Waals surface area contributed by atoms with Crippen molar-refractivity contribution in [2.45, 2.75) is 6.92 Å². The number of fused-ring (bicyclic) bond motifs is 1. The molecule has 0 aliphatic heterocycles. The molecule has 4 nitrogen and oxygen atoms in total. The first kappa shape index (κ1) is 13.0. The minimum Gasteiger partial charge on any atom is -0.308 e. The normalized spacial score (nSPS) is 11.1. The Morgan fingerprint density at radius 1 is 1.28 bits per heavy atom. The van der Waals surface area contributed by atoms with E-state index >= 15 is 0 Å². The molecule has 0 aliphatic rings. The zero-order valence-electron chi connectivity index (χ0n) is 10.9. The molecule has 18 heavy (non-hydrogen) atoms.